The van der Waals surface area contributed by atoms with Gasteiger partial charge in [0.15, 0.2) is 0 Å². The van der Waals surface area contributed by atoms with Crippen LogP contribution in [0.15, 0.2) is 36.4 Å². The number of methoxy groups -OCH3 is 1. The van der Waals surface area contributed by atoms with E-state index < -0.39 is 5.97 Å². The lowest BCUT2D eigenvalue weighted by atomic mass is 10.0. The molecule has 2 aromatic rings. The van der Waals surface area contributed by atoms with Crippen molar-refractivity contribution >= 4 is 23.5 Å². The van der Waals surface area contributed by atoms with Crippen LogP contribution in [0, 0.1) is 6.92 Å². The van der Waals surface area contributed by atoms with Gasteiger partial charge in [0.05, 0.1) is 30.3 Å². The Morgan fingerprint density at radius 3 is 2.25 bits per heavy atom. The Morgan fingerprint density at radius 2 is 1.71 bits per heavy atom. The molecule has 0 aliphatic carbocycles. The molecule has 6 heteroatoms. The molecule has 0 aromatic heterocycles. The fraction of sp³-hybridized carbons (Fsp3) is 0.167. The van der Waals surface area contributed by atoms with Gasteiger partial charge in [0.1, 0.15) is 0 Å². The fourth-order valence-corrected chi connectivity index (χ4v) is 2.79. The maximum Gasteiger partial charge on any atom is 0.339 e. The molecule has 0 bridgehead atoms. The SMILES string of the molecule is COC(=O)c1cc(CN2C(=O)c3ccccc3C2=O)c(C)cc1N. The number of carbonyl (C=O) groups is 3. The van der Waals surface area contributed by atoms with Gasteiger partial charge in [-0.25, -0.2) is 4.79 Å². The number of nitrogen functional groups attached to an aromatic ring is 1. The van der Waals surface area contributed by atoms with Gasteiger partial charge in [0, 0.05) is 5.69 Å². The maximum atomic E-state index is 12.5. The van der Waals surface area contributed by atoms with E-state index >= 15 is 0 Å². The number of nitrogens with two attached hydrogens (primary N) is 1. The number of nitrogens with zero attached hydrogens (tertiary/aromatic N) is 1. The first kappa shape index (κ1) is 15.7. The van der Waals surface area contributed by atoms with Crippen LogP contribution in [0.1, 0.15) is 42.2 Å². The summed E-state index contributed by atoms with van der Waals surface area (Å²) >= 11 is 0. The number of carbonyl (C=O) groups excluding carboxylic acids is 3. The molecule has 2 amide bonds. The van der Waals surface area contributed by atoms with Gasteiger partial charge in [-0.05, 0) is 42.3 Å². The van der Waals surface area contributed by atoms with Crippen LogP contribution in [-0.4, -0.2) is 29.8 Å². The molecule has 0 radical (unpaired) electrons. The summed E-state index contributed by atoms with van der Waals surface area (Å²) in [7, 11) is 1.27. The number of aryl methyl sites for hydroxylation is 1. The first-order valence-electron chi connectivity index (χ1n) is 7.36. The van der Waals surface area contributed by atoms with E-state index in [1.807, 2.05) is 6.92 Å². The molecular formula is C18H16N2O4. The molecule has 0 spiro atoms. The number of rotatable bonds is 3. The molecule has 1 aliphatic rings. The minimum atomic E-state index is -0.559. The monoisotopic (exact) mass is 324 g/mol. The Kier molecular flexibility index (Phi) is 3.81. The van der Waals surface area contributed by atoms with Crippen molar-refractivity contribution in [1.29, 1.82) is 0 Å². The lowest BCUT2D eigenvalue weighted by Gasteiger charge is -2.17. The van der Waals surface area contributed by atoms with Gasteiger partial charge in [0.25, 0.3) is 11.8 Å². The highest BCUT2D eigenvalue weighted by molar-refractivity contribution is 6.21. The molecule has 3 rings (SSSR count). The van der Waals surface area contributed by atoms with Crippen molar-refractivity contribution in [3.8, 4) is 0 Å². The zero-order valence-electron chi connectivity index (χ0n) is 13.3. The topological polar surface area (TPSA) is 89.7 Å². The molecule has 24 heavy (non-hydrogen) atoms. The van der Waals surface area contributed by atoms with Crippen molar-refractivity contribution in [3.63, 3.8) is 0 Å². The van der Waals surface area contributed by atoms with Crippen LogP contribution in [0.4, 0.5) is 5.69 Å². The molecule has 122 valence electrons. The number of hydrogen-bond donors (Lipinski definition) is 1. The minimum Gasteiger partial charge on any atom is -0.465 e. The van der Waals surface area contributed by atoms with Crippen molar-refractivity contribution in [1.82, 2.24) is 4.90 Å². The summed E-state index contributed by atoms with van der Waals surface area (Å²) in [5.74, 6) is -1.24. The molecule has 2 N–H and O–H groups in total. The largest absolute Gasteiger partial charge is 0.465 e. The molecule has 0 atom stereocenters. The average molecular weight is 324 g/mol. The predicted molar refractivity (Wildman–Crippen MR) is 87.6 cm³/mol. The first-order valence-corrected chi connectivity index (χ1v) is 7.36. The third-order valence-electron chi connectivity index (χ3n) is 4.12. The van der Waals surface area contributed by atoms with E-state index in [2.05, 4.69) is 0 Å². The summed E-state index contributed by atoms with van der Waals surface area (Å²) in [6.45, 7) is 1.88. The molecule has 0 saturated heterocycles. The summed E-state index contributed by atoms with van der Waals surface area (Å²) < 4.78 is 4.71. The molecule has 0 saturated carbocycles. The molecule has 0 unspecified atom stereocenters. The number of imide groups is 1. The number of hydrogen-bond acceptors (Lipinski definition) is 5. The third kappa shape index (κ3) is 2.42. The summed E-state index contributed by atoms with van der Waals surface area (Å²) in [6.07, 6.45) is 0. The number of benzene rings is 2. The van der Waals surface area contributed by atoms with Crippen LogP contribution in [0.3, 0.4) is 0 Å². The number of ether oxygens (including phenoxy) is 1. The highest BCUT2D eigenvalue weighted by Crippen LogP contribution is 2.27. The summed E-state index contributed by atoms with van der Waals surface area (Å²) in [5.41, 5.74) is 8.60. The normalized spacial score (nSPS) is 13.2. The quantitative estimate of drug-likeness (QED) is 0.531. The zero-order chi connectivity index (χ0) is 17.4. The van der Waals surface area contributed by atoms with Gasteiger partial charge >= 0.3 is 5.97 Å². The van der Waals surface area contributed by atoms with Gasteiger partial charge in [-0.15, -0.1) is 0 Å². The second-order valence-corrected chi connectivity index (χ2v) is 5.60. The van der Waals surface area contributed by atoms with Crippen molar-refractivity contribution in [3.05, 3.63) is 64.2 Å². The Labute approximate surface area is 138 Å². The molecule has 0 fully saturated rings. The number of fused-ring (bicyclic) bond motifs is 1. The van der Waals surface area contributed by atoms with E-state index in [9.17, 15) is 14.4 Å². The summed E-state index contributed by atoms with van der Waals surface area (Å²) in [5, 5.41) is 0. The van der Waals surface area contributed by atoms with Gasteiger partial charge in [0.2, 0.25) is 0 Å². The second kappa shape index (κ2) is 5.81. The van der Waals surface area contributed by atoms with Crippen LogP contribution in [0.5, 0.6) is 0 Å². The molecular weight excluding hydrogens is 308 g/mol. The summed E-state index contributed by atoms with van der Waals surface area (Å²) in [6, 6.07) is 9.91. The van der Waals surface area contributed by atoms with E-state index in [0.717, 1.165) is 5.56 Å². The van der Waals surface area contributed by atoms with E-state index in [0.29, 0.717) is 22.4 Å². The van der Waals surface area contributed by atoms with Crippen LogP contribution < -0.4 is 5.73 Å². The van der Waals surface area contributed by atoms with E-state index in [1.54, 1.807) is 36.4 Å². The van der Waals surface area contributed by atoms with Gasteiger partial charge in [-0.1, -0.05) is 12.1 Å². The highest BCUT2D eigenvalue weighted by Gasteiger charge is 2.35. The smallest absolute Gasteiger partial charge is 0.339 e. The standard InChI is InChI=1S/C18H16N2O4/c1-10-7-15(19)14(18(23)24-2)8-11(10)9-20-16(21)12-5-3-4-6-13(12)17(20)22/h3-8H,9,19H2,1-2H3. The van der Waals surface area contributed by atoms with Crippen LogP contribution in [0.25, 0.3) is 0 Å². The number of anilines is 1. The third-order valence-corrected chi connectivity index (χ3v) is 4.12. The van der Waals surface area contributed by atoms with Gasteiger partial charge in [-0.3, -0.25) is 14.5 Å². The fourth-order valence-electron chi connectivity index (χ4n) is 2.79. The minimum absolute atomic E-state index is 0.0719. The molecule has 6 nitrogen and oxygen atoms in total. The Hall–Kier alpha value is -3.15. The molecule has 1 heterocycles. The van der Waals surface area contributed by atoms with Crippen molar-refractivity contribution < 1.29 is 19.1 Å². The lowest BCUT2D eigenvalue weighted by molar-refractivity contribution is 0.0601. The Morgan fingerprint density at radius 1 is 1.12 bits per heavy atom. The van der Waals surface area contributed by atoms with Gasteiger partial charge < -0.3 is 10.5 Å². The van der Waals surface area contributed by atoms with Crippen molar-refractivity contribution in [2.45, 2.75) is 13.5 Å². The Bertz CT molecular complexity index is 838. The highest BCUT2D eigenvalue weighted by atomic mass is 16.5. The van der Waals surface area contributed by atoms with E-state index in [-0.39, 0.29) is 23.9 Å². The van der Waals surface area contributed by atoms with Crippen LogP contribution in [0.2, 0.25) is 0 Å². The van der Waals surface area contributed by atoms with Crippen molar-refractivity contribution in [2.75, 3.05) is 12.8 Å². The zero-order valence-corrected chi connectivity index (χ0v) is 13.3. The Balaban J connectivity index is 1.97. The number of amides is 2. The number of esters is 1. The predicted octanol–water partition coefficient (Wildman–Crippen LogP) is 2.16. The maximum absolute atomic E-state index is 12.5. The van der Waals surface area contributed by atoms with Crippen LogP contribution in [-0.2, 0) is 11.3 Å². The first-order chi connectivity index (χ1) is 11.4. The average Bonchev–Trinajstić information content (AvgIpc) is 2.81. The second-order valence-electron chi connectivity index (χ2n) is 5.60. The van der Waals surface area contributed by atoms with Crippen molar-refractivity contribution in [2.24, 2.45) is 0 Å². The molecule has 1 aliphatic heterocycles. The lowest BCUT2D eigenvalue weighted by Crippen LogP contribution is -2.29. The van der Waals surface area contributed by atoms with Crippen LogP contribution >= 0.6 is 0 Å². The molecule has 2 aromatic carbocycles. The van der Waals surface area contributed by atoms with E-state index in [1.165, 1.54) is 12.0 Å². The van der Waals surface area contributed by atoms with E-state index in [4.69, 9.17) is 10.5 Å². The summed E-state index contributed by atoms with van der Waals surface area (Å²) in [4.78, 5) is 37.9. The van der Waals surface area contributed by atoms with Gasteiger partial charge in [-0.2, -0.15) is 0 Å².